The Labute approximate surface area is 221 Å². The zero-order valence-electron chi connectivity index (χ0n) is 23.4. The number of carbonyl (C=O) groups excluding carboxylic acids is 3. The largest absolute Gasteiger partial charge is 0.465 e. The number of nitrogens with zero attached hydrogens (tertiary/aromatic N) is 2. The molecule has 4 heterocycles. The molecule has 0 aromatic carbocycles. The summed E-state index contributed by atoms with van der Waals surface area (Å²) in [4.78, 5) is 45.4. The molecule has 0 bridgehead atoms. The molecule has 8 nitrogen and oxygen atoms in total. The predicted octanol–water partition coefficient (Wildman–Crippen LogP) is 3.09. The van der Waals surface area contributed by atoms with Gasteiger partial charge >= 0.3 is 5.97 Å². The topological polar surface area (TPSA) is 96.4 Å². The van der Waals surface area contributed by atoms with Crippen molar-refractivity contribution in [3.8, 4) is 0 Å². The highest BCUT2D eigenvalue weighted by atomic mass is 16.6. The molecule has 2 saturated heterocycles. The monoisotopic (exact) mass is 516 g/mol. The van der Waals surface area contributed by atoms with Gasteiger partial charge in [-0.15, -0.1) is 0 Å². The van der Waals surface area contributed by atoms with E-state index < -0.39 is 47.1 Å². The van der Waals surface area contributed by atoms with Crippen molar-refractivity contribution in [1.82, 2.24) is 9.80 Å². The van der Waals surface area contributed by atoms with E-state index in [4.69, 9.17) is 9.47 Å². The first-order chi connectivity index (χ1) is 17.2. The summed E-state index contributed by atoms with van der Waals surface area (Å²) in [6, 6.07) is -1.54. The molecule has 6 atom stereocenters. The SMILES string of the molecule is CC(C)C[C@H](CO)N1C(=O)[C@@H]2[C@@H]3C(=O)OCCC=C[C@@H]3O[C@@]23C=CCN(C(C)(C)CC(C)(C)C)C(=O)C13. The van der Waals surface area contributed by atoms with E-state index in [1.807, 2.05) is 43.1 Å². The van der Waals surface area contributed by atoms with Crippen molar-refractivity contribution in [1.29, 1.82) is 0 Å². The summed E-state index contributed by atoms with van der Waals surface area (Å²) in [5.74, 6) is -2.55. The van der Waals surface area contributed by atoms with Crippen LogP contribution < -0.4 is 0 Å². The summed E-state index contributed by atoms with van der Waals surface area (Å²) in [5.41, 5.74) is -1.83. The fourth-order valence-electron chi connectivity index (χ4n) is 7.20. The van der Waals surface area contributed by atoms with Crippen LogP contribution in [0.15, 0.2) is 24.3 Å². The first-order valence-corrected chi connectivity index (χ1v) is 13.7. The van der Waals surface area contributed by atoms with Crippen molar-refractivity contribution < 1.29 is 29.0 Å². The number of ether oxygens (including phenoxy) is 2. The van der Waals surface area contributed by atoms with E-state index in [0.29, 0.717) is 19.4 Å². The number of esters is 1. The van der Waals surface area contributed by atoms with Gasteiger partial charge in [0.1, 0.15) is 17.6 Å². The minimum absolute atomic E-state index is 0.0274. The Kier molecular flexibility index (Phi) is 7.40. The van der Waals surface area contributed by atoms with Crippen molar-refractivity contribution in [3.63, 3.8) is 0 Å². The van der Waals surface area contributed by atoms with Gasteiger partial charge in [-0.05, 0) is 44.4 Å². The van der Waals surface area contributed by atoms with Gasteiger partial charge in [0.2, 0.25) is 11.8 Å². The smallest absolute Gasteiger partial charge is 0.312 e. The van der Waals surface area contributed by atoms with Crippen LogP contribution in [0.4, 0.5) is 0 Å². The maximum absolute atomic E-state index is 14.6. The van der Waals surface area contributed by atoms with Crippen molar-refractivity contribution in [2.75, 3.05) is 19.8 Å². The molecule has 0 radical (unpaired) electrons. The molecule has 0 aromatic rings. The molecule has 2 amide bonds. The Morgan fingerprint density at radius 2 is 1.81 bits per heavy atom. The third-order valence-electron chi connectivity index (χ3n) is 8.10. The Hall–Kier alpha value is -2.19. The Morgan fingerprint density at radius 3 is 2.43 bits per heavy atom. The van der Waals surface area contributed by atoms with Crippen LogP contribution in [0.5, 0.6) is 0 Å². The van der Waals surface area contributed by atoms with E-state index in [1.165, 1.54) is 0 Å². The van der Waals surface area contributed by atoms with Gasteiger partial charge in [-0.3, -0.25) is 14.4 Å². The fourth-order valence-corrected chi connectivity index (χ4v) is 7.20. The number of amides is 2. The van der Waals surface area contributed by atoms with E-state index >= 15 is 0 Å². The van der Waals surface area contributed by atoms with Gasteiger partial charge in [0.15, 0.2) is 0 Å². The van der Waals surface area contributed by atoms with E-state index in [9.17, 15) is 19.5 Å². The Bertz CT molecular complexity index is 979. The normalized spacial score (nSPS) is 33.1. The van der Waals surface area contributed by atoms with Crippen LogP contribution in [0, 0.1) is 23.2 Å². The number of likely N-dealkylation sites (tertiary alicyclic amines) is 1. The second-order valence-corrected chi connectivity index (χ2v) is 13.3. The van der Waals surface area contributed by atoms with Gasteiger partial charge in [-0.2, -0.15) is 0 Å². The summed E-state index contributed by atoms with van der Waals surface area (Å²) < 4.78 is 12.1. The number of hydrogen-bond acceptors (Lipinski definition) is 6. The van der Waals surface area contributed by atoms with Crippen LogP contribution in [-0.4, -0.2) is 81.8 Å². The molecule has 206 valence electrons. The molecular formula is C29H44N2O6. The minimum Gasteiger partial charge on any atom is -0.465 e. The van der Waals surface area contributed by atoms with Crippen molar-refractivity contribution >= 4 is 17.8 Å². The van der Waals surface area contributed by atoms with E-state index in [1.54, 1.807) is 4.90 Å². The quantitative estimate of drug-likeness (QED) is 0.431. The number of carbonyl (C=O) groups is 3. The van der Waals surface area contributed by atoms with Gasteiger partial charge in [0.05, 0.1) is 31.3 Å². The lowest BCUT2D eigenvalue weighted by Gasteiger charge is -2.45. The minimum atomic E-state index is -1.31. The molecule has 2 fully saturated rings. The van der Waals surface area contributed by atoms with Gasteiger partial charge in [0.25, 0.3) is 0 Å². The first kappa shape index (κ1) is 27.8. The summed E-state index contributed by atoms with van der Waals surface area (Å²) >= 11 is 0. The van der Waals surface area contributed by atoms with Crippen molar-refractivity contribution in [2.45, 2.75) is 97.1 Å². The molecule has 4 aliphatic heterocycles. The van der Waals surface area contributed by atoms with Gasteiger partial charge in [0, 0.05) is 12.1 Å². The predicted molar refractivity (Wildman–Crippen MR) is 139 cm³/mol. The third-order valence-corrected chi connectivity index (χ3v) is 8.10. The summed E-state index contributed by atoms with van der Waals surface area (Å²) in [6.07, 6.45) is 8.72. The first-order valence-electron chi connectivity index (χ1n) is 13.7. The second kappa shape index (κ2) is 9.84. The lowest BCUT2D eigenvalue weighted by molar-refractivity contribution is -0.158. The molecule has 8 heteroatoms. The van der Waals surface area contributed by atoms with Crippen molar-refractivity contribution in [3.05, 3.63) is 24.3 Å². The van der Waals surface area contributed by atoms with E-state index in [0.717, 1.165) is 6.42 Å². The lowest BCUT2D eigenvalue weighted by Crippen LogP contribution is -2.61. The third kappa shape index (κ3) is 4.87. The highest BCUT2D eigenvalue weighted by molar-refractivity contribution is 5.99. The summed E-state index contributed by atoms with van der Waals surface area (Å²) in [7, 11) is 0. The maximum atomic E-state index is 14.6. The highest BCUT2D eigenvalue weighted by Crippen LogP contribution is 2.54. The van der Waals surface area contributed by atoms with Crippen LogP contribution >= 0.6 is 0 Å². The molecule has 0 aromatic heterocycles. The van der Waals surface area contributed by atoms with E-state index in [-0.39, 0.29) is 36.4 Å². The highest BCUT2D eigenvalue weighted by Gasteiger charge is 2.72. The molecule has 0 saturated carbocycles. The average molecular weight is 517 g/mol. The molecule has 4 aliphatic rings. The van der Waals surface area contributed by atoms with Crippen LogP contribution in [0.1, 0.15) is 67.7 Å². The molecule has 1 N–H and O–H groups in total. The fraction of sp³-hybridized carbons (Fsp3) is 0.759. The molecular weight excluding hydrogens is 472 g/mol. The van der Waals surface area contributed by atoms with Crippen LogP contribution in [-0.2, 0) is 23.9 Å². The van der Waals surface area contributed by atoms with Gasteiger partial charge < -0.3 is 24.4 Å². The summed E-state index contributed by atoms with van der Waals surface area (Å²) in [6.45, 7) is 15.0. The van der Waals surface area contributed by atoms with Crippen molar-refractivity contribution in [2.24, 2.45) is 23.2 Å². The standard InChI is InChI=1S/C29H44N2O6/c1-18(2)15-19(16-32)31-23-25(34)30(28(6,7)17-27(3,4)5)13-10-12-29(23)22(24(31)33)21-20(37-29)11-8-9-14-36-26(21)35/h8,10-12,18-23,32H,9,13-17H2,1-7H3/t19-,20+,21-,22+,23?,29+/m1/s1. The second-order valence-electron chi connectivity index (χ2n) is 13.3. The van der Waals surface area contributed by atoms with Gasteiger partial charge in [-0.25, -0.2) is 0 Å². The van der Waals surface area contributed by atoms with Crippen LogP contribution in [0.2, 0.25) is 0 Å². The Morgan fingerprint density at radius 1 is 1.11 bits per heavy atom. The van der Waals surface area contributed by atoms with Crippen LogP contribution in [0.3, 0.4) is 0 Å². The number of rotatable bonds is 6. The number of aliphatic hydroxyl groups excluding tert-OH is 1. The number of cyclic esters (lactones) is 1. The number of hydrogen-bond donors (Lipinski definition) is 1. The molecule has 37 heavy (non-hydrogen) atoms. The van der Waals surface area contributed by atoms with E-state index in [2.05, 4.69) is 34.6 Å². The lowest BCUT2D eigenvalue weighted by atomic mass is 9.77. The maximum Gasteiger partial charge on any atom is 0.312 e. The molecule has 1 spiro atoms. The molecule has 0 aliphatic carbocycles. The van der Waals surface area contributed by atoms with Gasteiger partial charge in [-0.1, -0.05) is 58.9 Å². The zero-order chi connectivity index (χ0) is 27.3. The zero-order valence-corrected chi connectivity index (χ0v) is 23.4. The number of fused-ring (bicyclic) bond motifs is 2. The average Bonchev–Trinajstić information content (AvgIpc) is 3.14. The number of aliphatic hydroxyl groups is 1. The Balaban J connectivity index is 1.85. The molecule has 1 unspecified atom stereocenters. The molecule has 4 rings (SSSR count). The van der Waals surface area contributed by atoms with Crippen LogP contribution in [0.25, 0.3) is 0 Å². The summed E-state index contributed by atoms with van der Waals surface area (Å²) in [5, 5.41) is 10.4.